The van der Waals surface area contributed by atoms with Crippen molar-refractivity contribution in [3.8, 4) is 0 Å². The van der Waals surface area contributed by atoms with Gasteiger partial charge in [-0.1, -0.05) is 29.3 Å². The Morgan fingerprint density at radius 2 is 1.81 bits per heavy atom. The number of aromatic nitrogens is 2. The first kappa shape index (κ1) is 20.0. The Morgan fingerprint density at radius 3 is 2.41 bits per heavy atom. The van der Waals surface area contributed by atoms with Crippen molar-refractivity contribution in [1.82, 2.24) is 19.6 Å². The SMILES string of the molecule is O=C(Cn1ccc(C(F)(F)F)n1)N1CCN(Cc2ccc(Cl)cc2Cl)CC1. The molecule has 27 heavy (non-hydrogen) atoms. The van der Waals surface area contributed by atoms with Gasteiger partial charge in [-0.2, -0.15) is 18.3 Å². The van der Waals surface area contributed by atoms with Gasteiger partial charge in [0.1, 0.15) is 6.54 Å². The fourth-order valence-electron chi connectivity index (χ4n) is 2.89. The minimum atomic E-state index is -4.51. The van der Waals surface area contributed by atoms with Crippen LogP contribution in [-0.4, -0.2) is 51.7 Å². The Kier molecular flexibility index (Phi) is 5.98. The number of carbonyl (C=O) groups is 1. The van der Waals surface area contributed by atoms with Crippen LogP contribution in [0.5, 0.6) is 0 Å². The number of amides is 1. The van der Waals surface area contributed by atoms with E-state index in [1.807, 2.05) is 6.07 Å². The van der Waals surface area contributed by atoms with E-state index in [4.69, 9.17) is 23.2 Å². The van der Waals surface area contributed by atoms with Crippen molar-refractivity contribution >= 4 is 29.1 Å². The van der Waals surface area contributed by atoms with E-state index in [0.717, 1.165) is 16.3 Å². The van der Waals surface area contributed by atoms with Crippen LogP contribution in [0.15, 0.2) is 30.5 Å². The molecule has 146 valence electrons. The number of piperazine rings is 1. The third-order valence-electron chi connectivity index (χ3n) is 4.36. The maximum Gasteiger partial charge on any atom is 0.435 e. The molecule has 3 rings (SSSR count). The molecule has 1 aliphatic heterocycles. The van der Waals surface area contributed by atoms with Gasteiger partial charge in [0.05, 0.1) is 0 Å². The maximum atomic E-state index is 12.6. The molecule has 0 atom stereocenters. The third-order valence-corrected chi connectivity index (χ3v) is 4.95. The fourth-order valence-corrected chi connectivity index (χ4v) is 3.35. The average molecular weight is 421 g/mol. The summed E-state index contributed by atoms with van der Waals surface area (Å²) >= 11 is 12.1. The monoisotopic (exact) mass is 420 g/mol. The molecule has 0 radical (unpaired) electrons. The molecule has 2 heterocycles. The summed E-state index contributed by atoms with van der Waals surface area (Å²) in [5.41, 5.74) is -0.0444. The van der Waals surface area contributed by atoms with Crippen molar-refractivity contribution in [2.45, 2.75) is 19.3 Å². The lowest BCUT2D eigenvalue weighted by Gasteiger charge is -2.35. The highest BCUT2D eigenvalue weighted by Gasteiger charge is 2.33. The zero-order chi connectivity index (χ0) is 19.6. The quantitative estimate of drug-likeness (QED) is 0.759. The number of benzene rings is 1. The Hall–Kier alpha value is -1.77. The van der Waals surface area contributed by atoms with Crippen LogP contribution >= 0.6 is 23.2 Å². The van der Waals surface area contributed by atoms with Gasteiger partial charge in [0, 0.05) is 49.0 Å². The zero-order valence-corrected chi connectivity index (χ0v) is 15.7. The second-order valence-electron chi connectivity index (χ2n) is 6.29. The molecular weight excluding hydrogens is 404 g/mol. The highest BCUT2D eigenvalue weighted by molar-refractivity contribution is 6.35. The van der Waals surface area contributed by atoms with E-state index in [9.17, 15) is 18.0 Å². The molecule has 0 saturated carbocycles. The van der Waals surface area contributed by atoms with Gasteiger partial charge in [0.2, 0.25) is 5.91 Å². The van der Waals surface area contributed by atoms with Gasteiger partial charge in [0.15, 0.2) is 5.69 Å². The van der Waals surface area contributed by atoms with E-state index in [1.54, 1.807) is 17.0 Å². The summed E-state index contributed by atoms with van der Waals surface area (Å²) < 4.78 is 38.7. The number of hydrogen-bond acceptors (Lipinski definition) is 3. The van der Waals surface area contributed by atoms with Crippen molar-refractivity contribution in [3.63, 3.8) is 0 Å². The van der Waals surface area contributed by atoms with Gasteiger partial charge >= 0.3 is 6.18 Å². The van der Waals surface area contributed by atoms with Crippen molar-refractivity contribution < 1.29 is 18.0 Å². The number of alkyl halides is 3. The van der Waals surface area contributed by atoms with Gasteiger partial charge in [-0.25, -0.2) is 0 Å². The Labute approximate surface area is 164 Å². The van der Waals surface area contributed by atoms with Gasteiger partial charge in [0.25, 0.3) is 0 Å². The Bertz CT molecular complexity index is 817. The summed E-state index contributed by atoms with van der Waals surface area (Å²) in [6, 6.07) is 6.21. The topological polar surface area (TPSA) is 41.4 Å². The summed E-state index contributed by atoms with van der Waals surface area (Å²) in [4.78, 5) is 16.1. The lowest BCUT2D eigenvalue weighted by molar-refractivity contribution is -0.142. The molecule has 0 aliphatic carbocycles. The molecular formula is C17H17Cl2F3N4O. The second-order valence-corrected chi connectivity index (χ2v) is 7.13. The predicted octanol–water partition coefficient (Wildman–Crippen LogP) is 3.55. The predicted molar refractivity (Wildman–Crippen MR) is 95.5 cm³/mol. The number of rotatable bonds is 4. The third kappa shape index (κ3) is 5.15. The van der Waals surface area contributed by atoms with Crippen LogP contribution in [0, 0.1) is 0 Å². The van der Waals surface area contributed by atoms with Crippen LogP contribution in [0.25, 0.3) is 0 Å². The molecule has 5 nitrogen and oxygen atoms in total. The minimum Gasteiger partial charge on any atom is -0.339 e. The lowest BCUT2D eigenvalue weighted by atomic mass is 10.2. The van der Waals surface area contributed by atoms with Crippen molar-refractivity contribution in [2.24, 2.45) is 0 Å². The first-order valence-electron chi connectivity index (χ1n) is 8.27. The molecule has 1 amide bonds. The highest BCUT2D eigenvalue weighted by Crippen LogP contribution is 2.27. The van der Waals surface area contributed by atoms with E-state index < -0.39 is 11.9 Å². The van der Waals surface area contributed by atoms with E-state index >= 15 is 0 Å². The van der Waals surface area contributed by atoms with E-state index in [1.165, 1.54) is 6.20 Å². The molecule has 0 bridgehead atoms. The van der Waals surface area contributed by atoms with E-state index in [2.05, 4.69) is 10.00 Å². The minimum absolute atomic E-state index is 0.209. The molecule has 0 spiro atoms. The average Bonchev–Trinajstić information content (AvgIpc) is 3.07. The molecule has 1 saturated heterocycles. The second kappa shape index (κ2) is 8.08. The molecule has 0 unspecified atom stereocenters. The zero-order valence-electron chi connectivity index (χ0n) is 14.2. The van der Waals surface area contributed by atoms with E-state index in [-0.39, 0.29) is 12.5 Å². The number of carbonyl (C=O) groups excluding carboxylic acids is 1. The summed E-state index contributed by atoms with van der Waals surface area (Å²) in [5.74, 6) is -0.254. The van der Waals surface area contributed by atoms with Crippen LogP contribution < -0.4 is 0 Å². The number of nitrogens with zero attached hydrogens (tertiary/aromatic N) is 4. The summed E-state index contributed by atoms with van der Waals surface area (Å²) in [5, 5.41) is 4.59. The smallest absolute Gasteiger partial charge is 0.339 e. The van der Waals surface area contributed by atoms with Crippen LogP contribution in [0.2, 0.25) is 10.0 Å². The summed E-state index contributed by atoms with van der Waals surface area (Å²) in [6.07, 6.45) is -3.34. The number of hydrogen-bond donors (Lipinski definition) is 0. The van der Waals surface area contributed by atoms with Crippen LogP contribution in [-0.2, 0) is 24.1 Å². The van der Waals surface area contributed by atoms with Crippen LogP contribution in [0.3, 0.4) is 0 Å². The Balaban J connectivity index is 1.51. The summed E-state index contributed by atoms with van der Waals surface area (Å²) in [6.45, 7) is 2.73. The van der Waals surface area contributed by atoms with Crippen molar-refractivity contribution in [2.75, 3.05) is 26.2 Å². The number of halogens is 5. The molecule has 1 fully saturated rings. The molecule has 2 aromatic rings. The van der Waals surface area contributed by atoms with Crippen LogP contribution in [0.4, 0.5) is 13.2 Å². The van der Waals surface area contributed by atoms with E-state index in [0.29, 0.717) is 42.8 Å². The highest BCUT2D eigenvalue weighted by atomic mass is 35.5. The van der Waals surface area contributed by atoms with Crippen molar-refractivity contribution in [1.29, 1.82) is 0 Å². The van der Waals surface area contributed by atoms with Crippen molar-refractivity contribution in [3.05, 3.63) is 51.8 Å². The molecule has 1 aromatic heterocycles. The Morgan fingerprint density at radius 1 is 1.11 bits per heavy atom. The largest absolute Gasteiger partial charge is 0.435 e. The molecule has 1 aliphatic rings. The normalized spacial score (nSPS) is 16.0. The molecule has 0 N–H and O–H groups in total. The fraction of sp³-hybridized carbons (Fsp3) is 0.412. The summed E-state index contributed by atoms with van der Waals surface area (Å²) in [7, 11) is 0. The van der Waals surface area contributed by atoms with Gasteiger partial charge in [-0.15, -0.1) is 0 Å². The lowest BCUT2D eigenvalue weighted by Crippen LogP contribution is -2.49. The first-order valence-corrected chi connectivity index (χ1v) is 9.02. The molecule has 1 aromatic carbocycles. The maximum absolute atomic E-state index is 12.6. The molecule has 10 heteroatoms. The van der Waals surface area contributed by atoms with Gasteiger partial charge < -0.3 is 4.90 Å². The van der Waals surface area contributed by atoms with Gasteiger partial charge in [-0.3, -0.25) is 14.4 Å². The first-order chi connectivity index (χ1) is 12.7. The van der Waals surface area contributed by atoms with Crippen LogP contribution in [0.1, 0.15) is 11.3 Å². The van der Waals surface area contributed by atoms with Gasteiger partial charge in [-0.05, 0) is 23.8 Å². The standard InChI is InChI=1S/C17H17Cl2F3N4O/c18-13-2-1-12(14(19)9-13)10-24-5-7-25(8-6-24)16(27)11-26-4-3-15(23-26)17(20,21)22/h1-4,9H,5-8,10-11H2.